The topological polar surface area (TPSA) is 42.4 Å². The number of aryl methyl sites for hydroxylation is 1. The van der Waals surface area contributed by atoms with Gasteiger partial charge < -0.3 is 9.64 Å². The molecule has 4 rings (SSSR count). The van der Waals surface area contributed by atoms with Crippen LogP contribution in [0.25, 0.3) is 0 Å². The molecule has 0 spiro atoms. The van der Waals surface area contributed by atoms with E-state index in [0.29, 0.717) is 18.3 Å². The average molecular weight is 336 g/mol. The number of fused-ring (bicyclic) bond motifs is 1. The van der Waals surface area contributed by atoms with Gasteiger partial charge in [-0.15, -0.1) is 0 Å². The van der Waals surface area contributed by atoms with E-state index in [-0.39, 0.29) is 12.0 Å². The number of carbonyl (C=O) groups is 1. The number of rotatable bonds is 5. The van der Waals surface area contributed by atoms with Gasteiger partial charge in [-0.1, -0.05) is 30.3 Å². The van der Waals surface area contributed by atoms with Crippen LogP contribution in [0.1, 0.15) is 24.8 Å². The third-order valence-electron chi connectivity index (χ3n) is 5.54. The third kappa shape index (κ3) is 3.68. The summed E-state index contributed by atoms with van der Waals surface area (Å²) in [5.74, 6) is 2.16. The van der Waals surface area contributed by atoms with Crippen molar-refractivity contribution >= 4 is 5.91 Å². The van der Waals surface area contributed by atoms with E-state index in [1.165, 1.54) is 5.56 Å². The molecule has 0 radical (unpaired) electrons. The molecule has 4 nitrogen and oxygen atoms in total. The van der Waals surface area contributed by atoms with E-state index in [9.17, 15) is 4.79 Å². The Hall–Kier alpha value is -2.36. The van der Waals surface area contributed by atoms with E-state index < -0.39 is 0 Å². The van der Waals surface area contributed by atoms with Gasteiger partial charge >= 0.3 is 0 Å². The summed E-state index contributed by atoms with van der Waals surface area (Å²) in [6.07, 6.45) is 7.38. The second-order valence-corrected chi connectivity index (χ2v) is 7.13. The standard InChI is InChI=1S/C21H24N2O2/c24-21(11-8-16-5-2-1-3-6-16)23-14-17-9-10-20(19(17)15-23)25-18-7-4-12-22-13-18/h1-7,12-13,17,19-20H,8-11,14-15H2/t17-,19+,20-/m1/s1. The summed E-state index contributed by atoms with van der Waals surface area (Å²) in [6.45, 7) is 1.73. The maximum absolute atomic E-state index is 12.6. The number of nitrogens with zero attached hydrogens (tertiary/aromatic N) is 2. The Morgan fingerprint density at radius 1 is 1.12 bits per heavy atom. The predicted molar refractivity (Wildman–Crippen MR) is 96.2 cm³/mol. The van der Waals surface area contributed by atoms with Crippen LogP contribution in [0.4, 0.5) is 0 Å². The second kappa shape index (κ2) is 7.26. The second-order valence-electron chi connectivity index (χ2n) is 7.13. The van der Waals surface area contributed by atoms with Crippen molar-refractivity contribution < 1.29 is 9.53 Å². The summed E-state index contributed by atoms with van der Waals surface area (Å²) in [7, 11) is 0. The van der Waals surface area contributed by atoms with E-state index in [0.717, 1.165) is 38.1 Å². The van der Waals surface area contributed by atoms with Crippen molar-refractivity contribution in [3.63, 3.8) is 0 Å². The van der Waals surface area contributed by atoms with Crippen molar-refractivity contribution in [1.29, 1.82) is 0 Å². The van der Waals surface area contributed by atoms with Gasteiger partial charge in [-0.25, -0.2) is 0 Å². The average Bonchev–Trinajstić information content (AvgIpc) is 3.24. The van der Waals surface area contributed by atoms with E-state index in [1.54, 1.807) is 12.4 Å². The minimum atomic E-state index is 0.209. The van der Waals surface area contributed by atoms with Crippen LogP contribution in [-0.2, 0) is 11.2 Å². The van der Waals surface area contributed by atoms with Gasteiger partial charge in [-0.3, -0.25) is 9.78 Å². The summed E-state index contributed by atoms with van der Waals surface area (Å²) in [5, 5.41) is 0. The van der Waals surface area contributed by atoms with Gasteiger partial charge in [0.05, 0.1) is 6.20 Å². The van der Waals surface area contributed by atoms with Crippen LogP contribution in [-0.4, -0.2) is 35.0 Å². The zero-order chi connectivity index (χ0) is 17.1. The summed E-state index contributed by atoms with van der Waals surface area (Å²) >= 11 is 0. The first-order chi connectivity index (χ1) is 12.3. The van der Waals surface area contributed by atoms with E-state index in [2.05, 4.69) is 22.0 Å². The molecule has 1 aromatic heterocycles. The minimum Gasteiger partial charge on any atom is -0.488 e. The van der Waals surface area contributed by atoms with Gasteiger partial charge in [0.25, 0.3) is 0 Å². The zero-order valence-corrected chi connectivity index (χ0v) is 14.4. The molecule has 1 aliphatic heterocycles. The lowest BCUT2D eigenvalue weighted by atomic mass is 9.99. The Kier molecular flexibility index (Phi) is 4.68. The largest absolute Gasteiger partial charge is 0.488 e. The molecule has 2 aliphatic rings. The SMILES string of the molecule is O=C(CCc1ccccc1)N1C[C@H]2CC[C@@H](Oc3cccnc3)[C@H]2C1. The van der Waals surface area contributed by atoms with Crippen molar-refractivity contribution in [2.75, 3.05) is 13.1 Å². The number of pyridine rings is 1. The highest BCUT2D eigenvalue weighted by Crippen LogP contribution is 2.40. The van der Waals surface area contributed by atoms with Crippen molar-refractivity contribution in [3.05, 3.63) is 60.4 Å². The van der Waals surface area contributed by atoms with Crippen LogP contribution in [0.5, 0.6) is 5.75 Å². The maximum Gasteiger partial charge on any atom is 0.222 e. The monoisotopic (exact) mass is 336 g/mol. The Bertz CT molecular complexity index is 704. The third-order valence-corrected chi connectivity index (χ3v) is 5.54. The normalized spacial score (nSPS) is 25.0. The lowest BCUT2D eigenvalue weighted by Gasteiger charge is -2.22. The van der Waals surface area contributed by atoms with Gasteiger partial charge in [0.1, 0.15) is 11.9 Å². The van der Waals surface area contributed by atoms with E-state index >= 15 is 0 Å². The fraction of sp³-hybridized carbons (Fsp3) is 0.429. The molecule has 1 saturated heterocycles. The molecule has 2 fully saturated rings. The molecule has 2 aromatic rings. The molecule has 0 unspecified atom stereocenters. The zero-order valence-electron chi connectivity index (χ0n) is 14.4. The van der Waals surface area contributed by atoms with Gasteiger partial charge in [0, 0.05) is 31.6 Å². The highest BCUT2D eigenvalue weighted by molar-refractivity contribution is 5.76. The Morgan fingerprint density at radius 3 is 2.80 bits per heavy atom. The Labute approximate surface area is 148 Å². The number of hydrogen-bond donors (Lipinski definition) is 0. The molecule has 1 saturated carbocycles. The van der Waals surface area contributed by atoms with Crippen LogP contribution in [0.2, 0.25) is 0 Å². The number of amides is 1. The number of carbonyl (C=O) groups excluding carboxylic acids is 1. The van der Waals surface area contributed by atoms with Crippen molar-refractivity contribution in [1.82, 2.24) is 9.88 Å². The van der Waals surface area contributed by atoms with Crippen molar-refractivity contribution in [2.45, 2.75) is 31.8 Å². The van der Waals surface area contributed by atoms with Gasteiger partial charge in [-0.05, 0) is 42.9 Å². The fourth-order valence-corrected chi connectivity index (χ4v) is 4.21. The predicted octanol–water partition coefficient (Wildman–Crippen LogP) is 3.33. The maximum atomic E-state index is 12.6. The number of ether oxygens (including phenoxy) is 1. The lowest BCUT2D eigenvalue weighted by Crippen LogP contribution is -2.32. The summed E-state index contributed by atoms with van der Waals surface area (Å²) in [5.41, 5.74) is 1.23. The van der Waals surface area contributed by atoms with Crippen LogP contribution in [0.3, 0.4) is 0 Å². The molecule has 130 valence electrons. The number of benzene rings is 1. The minimum absolute atomic E-state index is 0.209. The lowest BCUT2D eigenvalue weighted by molar-refractivity contribution is -0.130. The quantitative estimate of drug-likeness (QED) is 0.841. The molecule has 3 atom stereocenters. The molecule has 4 heteroatoms. The first-order valence-electron chi connectivity index (χ1n) is 9.18. The van der Waals surface area contributed by atoms with Gasteiger partial charge in [0.2, 0.25) is 5.91 Å². The van der Waals surface area contributed by atoms with Crippen molar-refractivity contribution in [3.8, 4) is 5.75 Å². The summed E-state index contributed by atoms with van der Waals surface area (Å²) in [6, 6.07) is 14.1. The van der Waals surface area contributed by atoms with Crippen LogP contribution in [0.15, 0.2) is 54.9 Å². The highest BCUT2D eigenvalue weighted by atomic mass is 16.5. The smallest absolute Gasteiger partial charge is 0.222 e. The summed E-state index contributed by atoms with van der Waals surface area (Å²) in [4.78, 5) is 18.8. The molecule has 0 N–H and O–H groups in total. The Morgan fingerprint density at radius 2 is 2.00 bits per heavy atom. The molecule has 2 heterocycles. The molecule has 25 heavy (non-hydrogen) atoms. The number of aromatic nitrogens is 1. The molecular formula is C21H24N2O2. The fourth-order valence-electron chi connectivity index (χ4n) is 4.21. The molecule has 1 amide bonds. The molecular weight excluding hydrogens is 312 g/mol. The number of likely N-dealkylation sites (tertiary alicyclic amines) is 1. The van der Waals surface area contributed by atoms with E-state index in [4.69, 9.17) is 4.74 Å². The number of hydrogen-bond acceptors (Lipinski definition) is 3. The van der Waals surface area contributed by atoms with Gasteiger partial charge in [0.15, 0.2) is 0 Å². The van der Waals surface area contributed by atoms with Crippen molar-refractivity contribution in [2.24, 2.45) is 11.8 Å². The molecule has 1 aromatic carbocycles. The highest BCUT2D eigenvalue weighted by Gasteiger charge is 2.45. The van der Waals surface area contributed by atoms with Crippen LogP contribution in [0, 0.1) is 11.8 Å². The first-order valence-corrected chi connectivity index (χ1v) is 9.18. The van der Waals surface area contributed by atoms with Crippen LogP contribution >= 0.6 is 0 Å². The Balaban J connectivity index is 1.32. The first kappa shape index (κ1) is 16.1. The van der Waals surface area contributed by atoms with E-state index in [1.807, 2.05) is 30.3 Å². The summed E-state index contributed by atoms with van der Waals surface area (Å²) < 4.78 is 6.15. The molecule has 0 bridgehead atoms. The molecule has 1 aliphatic carbocycles. The van der Waals surface area contributed by atoms with Gasteiger partial charge in [-0.2, -0.15) is 0 Å². The van der Waals surface area contributed by atoms with Crippen LogP contribution < -0.4 is 4.74 Å².